The van der Waals surface area contributed by atoms with E-state index in [0.717, 1.165) is 22.8 Å². The average Bonchev–Trinajstić information content (AvgIpc) is 2.69. The highest BCUT2D eigenvalue weighted by molar-refractivity contribution is 7.92. The van der Waals surface area contributed by atoms with E-state index >= 15 is 0 Å². The number of nitrogens with one attached hydrogen (secondary N) is 2. The maximum atomic E-state index is 12.1. The summed E-state index contributed by atoms with van der Waals surface area (Å²) < 4.78 is 31.2. The number of anilines is 1. The molecule has 0 saturated heterocycles. The number of carbonyl (C=O) groups is 1. The van der Waals surface area contributed by atoms with Gasteiger partial charge in [0.15, 0.2) is 0 Å². The van der Waals surface area contributed by atoms with Crippen molar-refractivity contribution in [1.29, 1.82) is 0 Å². The lowest BCUT2D eigenvalue weighted by Gasteiger charge is -2.12. The summed E-state index contributed by atoms with van der Waals surface area (Å²) in [7, 11) is -3.38. The van der Waals surface area contributed by atoms with Gasteiger partial charge in [-0.05, 0) is 29.5 Å². The maximum absolute atomic E-state index is 12.1. The standard InChI is InChI=1S/C22H24N2O4S/c1-29(26,27)24-20-12-5-3-9-18(20)16-23-22(25)14-7-15-28-21-13-6-10-17-8-2-4-11-19(17)21/h2-6,8-13,24H,7,14-16H2,1H3,(H,23,25). The topological polar surface area (TPSA) is 84.5 Å². The van der Waals surface area contributed by atoms with Crippen LogP contribution in [-0.4, -0.2) is 27.2 Å². The van der Waals surface area contributed by atoms with Crippen molar-refractivity contribution in [3.05, 3.63) is 72.3 Å². The molecule has 3 rings (SSSR count). The highest BCUT2D eigenvalue weighted by Gasteiger charge is 2.09. The molecule has 0 aliphatic rings. The third-order valence-electron chi connectivity index (χ3n) is 4.34. The minimum atomic E-state index is -3.38. The number of fused-ring (bicyclic) bond motifs is 1. The molecule has 3 aromatic carbocycles. The largest absolute Gasteiger partial charge is 0.493 e. The van der Waals surface area contributed by atoms with Crippen LogP contribution in [0.15, 0.2) is 66.7 Å². The fourth-order valence-corrected chi connectivity index (χ4v) is 3.59. The van der Waals surface area contributed by atoms with E-state index in [1.807, 2.05) is 42.5 Å². The zero-order valence-electron chi connectivity index (χ0n) is 16.2. The highest BCUT2D eigenvalue weighted by Crippen LogP contribution is 2.25. The molecule has 0 aliphatic carbocycles. The van der Waals surface area contributed by atoms with E-state index in [4.69, 9.17) is 4.74 Å². The van der Waals surface area contributed by atoms with Crippen molar-refractivity contribution in [2.24, 2.45) is 0 Å². The summed E-state index contributed by atoms with van der Waals surface area (Å²) >= 11 is 0. The van der Waals surface area contributed by atoms with Gasteiger partial charge in [-0.2, -0.15) is 0 Å². The van der Waals surface area contributed by atoms with Crippen LogP contribution in [-0.2, 0) is 21.4 Å². The molecule has 0 unspecified atom stereocenters. The van der Waals surface area contributed by atoms with Crippen LogP contribution in [0.5, 0.6) is 5.75 Å². The zero-order chi connectivity index (χ0) is 20.7. The summed E-state index contributed by atoms with van der Waals surface area (Å²) in [4.78, 5) is 12.1. The molecule has 0 heterocycles. The molecule has 152 valence electrons. The summed E-state index contributed by atoms with van der Waals surface area (Å²) in [5.41, 5.74) is 1.17. The van der Waals surface area contributed by atoms with E-state index < -0.39 is 10.0 Å². The van der Waals surface area contributed by atoms with Crippen molar-refractivity contribution in [2.45, 2.75) is 19.4 Å². The van der Waals surface area contributed by atoms with Crippen LogP contribution in [0.3, 0.4) is 0 Å². The van der Waals surface area contributed by atoms with E-state index in [9.17, 15) is 13.2 Å². The minimum absolute atomic E-state index is 0.110. The van der Waals surface area contributed by atoms with Gasteiger partial charge < -0.3 is 10.1 Å². The molecule has 1 amide bonds. The van der Waals surface area contributed by atoms with Gasteiger partial charge in [0.2, 0.25) is 15.9 Å². The van der Waals surface area contributed by atoms with Crippen LogP contribution in [0.2, 0.25) is 0 Å². The summed E-state index contributed by atoms with van der Waals surface area (Å²) in [5, 5.41) is 4.99. The second-order valence-corrected chi connectivity index (χ2v) is 8.49. The van der Waals surface area contributed by atoms with Gasteiger partial charge in [0.1, 0.15) is 5.75 Å². The fourth-order valence-electron chi connectivity index (χ4n) is 2.99. The first kappa shape index (κ1) is 20.7. The third-order valence-corrected chi connectivity index (χ3v) is 4.93. The Morgan fingerprint density at radius 1 is 0.966 bits per heavy atom. The predicted molar refractivity (Wildman–Crippen MR) is 115 cm³/mol. The number of rotatable bonds is 9. The molecule has 0 aliphatic heterocycles. The van der Waals surface area contributed by atoms with E-state index in [0.29, 0.717) is 30.7 Å². The Bertz CT molecular complexity index is 1090. The smallest absolute Gasteiger partial charge is 0.229 e. The van der Waals surface area contributed by atoms with E-state index in [1.165, 1.54) is 0 Å². The van der Waals surface area contributed by atoms with E-state index in [-0.39, 0.29) is 12.5 Å². The van der Waals surface area contributed by atoms with Gasteiger partial charge in [0.05, 0.1) is 18.6 Å². The van der Waals surface area contributed by atoms with Crippen LogP contribution in [0.4, 0.5) is 5.69 Å². The molecule has 0 spiro atoms. The lowest BCUT2D eigenvalue weighted by Crippen LogP contribution is -2.24. The number of sulfonamides is 1. The summed E-state index contributed by atoms with van der Waals surface area (Å²) in [5.74, 6) is 0.699. The quantitative estimate of drug-likeness (QED) is 0.525. The second-order valence-electron chi connectivity index (χ2n) is 6.74. The molecule has 0 saturated carbocycles. The third kappa shape index (κ3) is 6.22. The number of ether oxygens (including phenoxy) is 1. The second kappa shape index (κ2) is 9.43. The van der Waals surface area contributed by atoms with Crippen LogP contribution in [0.1, 0.15) is 18.4 Å². The Morgan fingerprint density at radius 2 is 1.69 bits per heavy atom. The lowest BCUT2D eigenvalue weighted by atomic mass is 10.1. The van der Waals surface area contributed by atoms with Crippen molar-refractivity contribution in [3.63, 3.8) is 0 Å². The molecule has 6 nitrogen and oxygen atoms in total. The number of benzene rings is 3. The Hall–Kier alpha value is -3.06. The van der Waals surface area contributed by atoms with Gasteiger partial charge in [-0.15, -0.1) is 0 Å². The van der Waals surface area contributed by atoms with Gasteiger partial charge in [-0.25, -0.2) is 8.42 Å². The molecule has 29 heavy (non-hydrogen) atoms. The summed E-state index contributed by atoms with van der Waals surface area (Å²) in [6, 6.07) is 20.9. The molecular formula is C22H24N2O4S. The van der Waals surface area contributed by atoms with Gasteiger partial charge in [0, 0.05) is 18.4 Å². The summed E-state index contributed by atoms with van der Waals surface area (Å²) in [6.45, 7) is 0.690. The first-order valence-electron chi connectivity index (χ1n) is 9.35. The van der Waals surface area contributed by atoms with Crippen molar-refractivity contribution in [2.75, 3.05) is 17.6 Å². The number of amides is 1. The molecule has 0 bridgehead atoms. The Labute approximate surface area is 170 Å². The lowest BCUT2D eigenvalue weighted by molar-refractivity contribution is -0.121. The highest BCUT2D eigenvalue weighted by atomic mass is 32.2. The van der Waals surface area contributed by atoms with E-state index in [1.54, 1.807) is 24.3 Å². The number of carbonyl (C=O) groups excluding carboxylic acids is 1. The van der Waals surface area contributed by atoms with Gasteiger partial charge in [-0.3, -0.25) is 9.52 Å². The monoisotopic (exact) mass is 412 g/mol. The van der Waals surface area contributed by atoms with Crippen molar-refractivity contribution >= 4 is 32.4 Å². The predicted octanol–water partition coefficient (Wildman–Crippen LogP) is 3.69. The van der Waals surface area contributed by atoms with E-state index in [2.05, 4.69) is 10.0 Å². The number of para-hydroxylation sites is 1. The molecule has 0 radical (unpaired) electrons. The molecule has 0 aromatic heterocycles. The SMILES string of the molecule is CS(=O)(=O)Nc1ccccc1CNC(=O)CCCOc1cccc2ccccc12. The first-order chi connectivity index (χ1) is 13.9. The normalized spacial score (nSPS) is 11.2. The Morgan fingerprint density at radius 3 is 2.52 bits per heavy atom. The van der Waals surface area contributed by atoms with Crippen LogP contribution in [0, 0.1) is 0 Å². The first-order valence-corrected chi connectivity index (χ1v) is 11.2. The average molecular weight is 413 g/mol. The minimum Gasteiger partial charge on any atom is -0.493 e. The molecule has 2 N–H and O–H groups in total. The summed E-state index contributed by atoms with van der Waals surface area (Å²) in [6.07, 6.45) is 2.00. The molecule has 3 aromatic rings. The number of hydrogen-bond donors (Lipinski definition) is 2. The molecule has 0 atom stereocenters. The van der Waals surface area contributed by atoms with Crippen LogP contribution >= 0.6 is 0 Å². The van der Waals surface area contributed by atoms with Crippen molar-refractivity contribution < 1.29 is 17.9 Å². The molecule has 7 heteroatoms. The number of hydrogen-bond acceptors (Lipinski definition) is 4. The van der Waals surface area contributed by atoms with Gasteiger partial charge in [0.25, 0.3) is 0 Å². The van der Waals surface area contributed by atoms with Crippen molar-refractivity contribution in [3.8, 4) is 5.75 Å². The fraction of sp³-hybridized carbons (Fsp3) is 0.227. The van der Waals surface area contributed by atoms with Gasteiger partial charge in [-0.1, -0.05) is 54.6 Å². The van der Waals surface area contributed by atoms with Gasteiger partial charge >= 0.3 is 0 Å². The maximum Gasteiger partial charge on any atom is 0.229 e. The molecule has 0 fully saturated rings. The molecular weight excluding hydrogens is 388 g/mol. The van der Waals surface area contributed by atoms with Crippen LogP contribution < -0.4 is 14.8 Å². The Balaban J connectivity index is 1.46. The zero-order valence-corrected chi connectivity index (χ0v) is 17.0. The Kier molecular flexibility index (Phi) is 6.72. The van der Waals surface area contributed by atoms with Crippen molar-refractivity contribution in [1.82, 2.24) is 5.32 Å². The van der Waals surface area contributed by atoms with Crippen LogP contribution in [0.25, 0.3) is 10.8 Å².